The van der Waals surface area contributed by atoms with Crippen molar-refractivity contribution in [1.82, 2.24) is 0 Å². The molecule has 2 N–H and O–H groups in total. The van der Waals surface area contributed by atoms with Crippen LogP contribution in [-0.4, -0.2) is 0 Å². The van der Waals surface area contributed by atoms with Crippen LogP contribution in [0, 0.1) is 5.82 Å². The average molecular weight is 336 g/mol. The highest BCUT2D eigenvalue weighted by Gasteiger charge is 2.27. The first kappa shape index (κ1) is 15.2. The molecule has 0 saturated heterocycles. The predicted octanol–water partition coefficient (Wildman–Crippen LogP) is 4.79. The third-order valence-corrected chi connectivity index (χ3v) is 4.33. The van der Waals surface area contributed by atoms with Crippen molar-refractivity contribution < 1.29 is 4.39 Å². The SMILES string of the molecule is CCCC(N)(Cc1cc(F)ccc1Br)c1ccccc1. The zero-order valence-electron chi connectivity index (χ0n) is 11.6. The smallest absolute Gasteiger partial charge is 0.123 e. The Hall–Kier alpha value is -1.19. The molecular weight excluding hydrogens is 317 g/mol. The molecule has 0 heterocycles. The van der Waals surface area contributed by atoms with Crippen LogP contribution in [0.15, 0.2) is 53.0 Å². The van der Waals surface area contributed by atoms with E-state index >= 15 is 0 Å². The lowest BCUT2D eigenvalue weighted by atomic mass is 9.81. The molecule has 0 aliphatic carbocycles. The molecule has 0 fully saturated rings. The summed E-state index contributed by atoms with van der Waals surface area (Å²) in [5.41, 5.74) is 8.17. The van der Waals surface area contributed by atoms with Gasteiger partial charge in [0.2, 0.25) is 0 Å². The third-order valence-electron chi connectivity index (χ3n) is 3.56. The van der Waals surface area contributed by atoms with E-state index < -0.39 is 5.54 Å². The van der Waals surface area contributed by atoms with Crippen molar-refractivity contribution in [2.24, 2.45) is 5.73 Å². The van der Waals surface area contributed by atoms with E-state index in [2.05, 4.69) is 22.9 Å². The van der Waals surface area contributed by atoms with Crippen LogP contribution in [-0.2, 0) is 12.0 Å². The molecule has 0 spiro atoms. The van der Waals surface area contributed by atoms with Gasteiger partial charge in [-0.3, -0.25) is 0 Å². The monoisotopic (exact) mass is 335 g/mol. The first-order chi connectivity index (χ1) is 9.55. The summed E-state index contributed by atoms with van der Waals surface area (Å²) in [6, 6.07) is 14.8. The maximum atomic E-state index is 13.4. The van der Waals surface area contributed by atoms with Crippen molar-refractivity contribution in [2.45, 2.75) is 31.7 Å². The quantitative estimate of drug-likeness (QED) is 0.835. The van der Waals surface area contributed by atoms with E-state index in [1.807, 2.05) is 30.3 Å². The summed E-state index contributed by atoms with van der Waals surface area (Å²) in [7, 11) is 0. The minimum Gasteiger partial charge on any atom is -0.321 e. The Morgan fingerprint density at radius 1 is 1.15 bits per heavy atom. The Balaban J connectivity index is 2.36. The summed E-state index contributed by atoms with van der Waals surface area (Å²) in [4.78, 5) is 0. The summed E-state index contributed by atoms with van der Waals surface area (Å²) in [6.45, 7) is 2.12. The first-order valence-electron chi connectivity index (χ1n) is 6.83. The zero-order chi connectivity index (χ0) is 14.6. The molecule has 3 heteroatoms. The molecule has 1 nitrogen and oxygen atoms in total. The Kier molecular flexibility index (Phi) is 4.95. The van der Waals surface area contributed by atoms with Crippen LogP contribution in [0.1, 0.15) is 30.9 Å². The topological polar surface area (TPSA) is 26.0 Å². The average Bonchev–Trinajstić information content (AvgIpc) is 2.44. The van der Waals surface area contributed by atoms with Gasteiger partial charge in [-0.25, -0.2) is 4.39 Å². The van der Waals surface area contributed by atoms with Crippen LogP contribution in [0.25, 0.3) is 0 Å². The first-order valence-corrected chi connectivity index (χ1v) is 7.63. The molecule has 0 radical (unpaired) electrons. The van der Waals surface area contributed by atoms with E-state index in [4.69, 9.17) is 5.73 Å². The van der Waals surface area contributed by atoms with E-state index in [9.17, 15) is 4.39 Å². The second-order valence-electron chi connectivity index (χ2n) is 5.18. The molecule has 20 heavy (non-hydrogen) atoms. The Morgan fingerprint density at radius 3 is 2.50 bits per heavy atom. The fraction of sp³-hybridized carbons (Fsp3) is 0.294. The highest BCUT2D eigenvalue weighted by atomic mass is 79.9. The maximum absolute atomic E-state index is 13.4. The minimum atomic E-state index is -0.466. The lowest BCUT2D eigenvalue weighted by Gasteiger charge is -2.30. The number of hydrogen-bond acceptors (Lipinski definition) is 1. The standard InChI is InChI=1S/C17H19BrFN/c1-2-10-17(20,14-6-4-3-5-7-14)12-13-11-15(19)8-9-16(13)18/h3-9,11H,2,10,12,20H2,1H3. The van der Waals surface area contributed by atoms with E-state index in [0.717, 1.165) is 28.4 Å². The lowest BCUT2D eigenvalue weighted by Crippen LogP contribution is -2.39. The molecule has 0 aliphatic heterocycles. The highest BCUT2D eigenvalue weighted by molar-refractivity contribution is 9.10. The van der Waals surface area contributed by atoms with Crippen molar-refractivity contribution in [3.8, 4) is 0 Å². The number of hydrogen-bond donors (Lipinski definition) is 1. The van der Waals surface area contributed by atoms with Gasteiger partial charge in [-0.1, -0.05) is 59.6 Å². The Morgan fingerprint density at radius 2 is 1.85 bits per heavy atom. The number of benzene rings is 2. The van der Waals surface area contributed by atoms with Crippen molar-refractivity contribution >= 4 is 15.9 Å². The molecule has 2 aromatic carbocycles. The predicted molar refractivity (Wildman–Crippen MR) is 85.0 cm³/mol. The fourth-order valence-electron chi connectivity index (χ4n) is 2.57. The molecule has 0 amide bonds. The van der Waals surface area contributed by atoms with Crippen molar-refractivity contribution in [3.63, 3.8) is 0 Å². The van der Waals surface area contributed by atoms with Gasteiger partial charge in [-0.05, 0) is 42.2 Å². The normalized spacial score (nSPS) is 14.0. The molecule has 2 aromatic rings. The zero-order valence-corrected chi connectivity index (χ0v) is 13.2. The van der Waals surface area contributed by atoms with Gasteiger partial charge in [0.15, 0.2) is 0 Å². The van der Waals surface area contributed by atoms with Crippen molar-refractivity contribution in [3.05, 3.63) is 69.9 Å². The fourth-order valence-corrected chi connectivity index (χ4v) is 2.96. The summed E-state index contributed by atoms with van der Waals surface area (Å²) in [5.74, 6) is -0.227. The lowest BCUT2D eigenvalue weighted by molar-refractivity contribution is 0.399. The molecule has 0 aliphatic rings. The Bertz CT molecular complexity index is 570. The largest absolute Gasteiger partial charge is 0.321 e. The van der Waals surface area contributed by atoms with Gasteiger partial charge in [0.25, 0.3) is 0 Å². The summed E-state index contributed by atoms with van der Waals surface area (Å²) in [6.07, 6.45) is 2.46. The van der Waals surface area contributed by atoms with Crippen LogP contribution < -0.4 is 5.73 Å². The van der Waals surface area contributed by atoms with E-state index in [1.54, 1.807) is 12.1 Å². The molecule has 1 atom stereocenters. The van der Waals surface area contributed by atoms with Gasteiger partial charge in [-0.2, -0.15) is 0 Å². The maximum Gasteiger partial charge on any atom is 0.123 e. The van der Waals surface area contributed by atoms with Gasteiger partial charge < -0.3 is 5.73 Å². The van der Waals surface area contributed by atoms with Gasteiger partial charge in [0, 0.05) is 10.0 Å². The molecule has 106 valence electrons. The Labute approximate surface area is 128 Å². The molecule has 0 aromatic heterocycles. The van der Waals surface area contributed by atoms with Crippen LogP contribution in [0.2, 0.25) is 0 Å². The summed E-state index contributed by atoms with van der Waals surface area (Å²) in [5, 5.41) is 0. The van der Waals surface area contributed by atoms with Crippen LogP contribution in [0.5, 0.6) is 0 Å². The van der Waals surface area contributed by atoms with Crippen LogP contribution >= 0.6 is 15.9 Å². The second-order valence-corrected chi connectivity index (χ2v) is 6.04. The van der Waals surface area contributed by atoms with Gasteiger partial charge in [0.1, 0.15) is 5.82 Å². The van der Waals surface area contributed by atoms with Gasteiger partial charge in [0.05, 0.1) is 0 Å². The van der Waals surface area contributed by atoms with E-state index in [1.165, 1.54) is 6.07 Å². The summed E-state index contributed by atoms with van der Waals surface area (Å²) >= 11 is 3.48. The van der Waals surface area contributed by atoms with Crippen molar-refractivity contribution in [2.75, 3.05) is 0 Å². The van der Waals surface area contributed by atoms with Gasteiger partial charge in [-0.15, -0.1) is 0 Å². The number of halogens is 2. The molecular formula is C17H19BrFN. The van der Waals surface area contributed by atoms with Crippen LogP contribution in [0.3, 0.4) is 0 Å². The summed E-state index contributed by atoms with van der Waals surface area (Å²) < 4.78 is 14.4. The minimum absolute atomic E-state index is 0.227. The van der Waals surface area contributed by atoms with E-state index in [0.29, 0.717) is 6.42 Å². The molecule has 1 unspecified atom stereocenters. The molecule has 2 rings (SSSR count). The van der Waals surface area contributed by atoms with Crippen LogP contribution in [0.4, 0.5) is 4.39 Å². The van der Waals surface area contributed by atoms with E-state index in [-0.39, 0.29) is 5.82 Å². The van der Waals surface area contributed by atoms with Crippen molar-refractivity contribution in [1.29, 1.82) is 0 Å². The second kappa shape index (κ2) is 6.51. The molecule has 0 saturated carbocycles. The number of rotatable bonds is 5. The van der Waals surface area contributed by atoms with Gasteiger partial charge >= 0.3 is 0 Å². The highest BCUT2D eigenvalue weighted by Crippen LogP contribution is 2.31. The molecule has 0 bridgehead atoms. The number of nitrogens with two attached hydrogens (primary N) is 1. The third kappa shape index (κ3) is 3.47.